The van der Waals surface area contributed by atoms with Crippen molar-refractivity contribution in [2.45, 2.75) is 11.8 Å². The number of para-hydroxylation sites is 11. The summed E-state index contributed by atoms with van der Waals surface area (Å²) in [4.78, 5) is 27.9. The zero-order valence-electron chi connectivity index (χ0n) is 60.4. The Labute approximate surface area is 670 Å². The molecule has 0 N–H and O–H groups in total. The molecule has 3 aliphatic rings. The van der Waals surface area contributed by atoms with E-state index in [-0.39, 0.29) is 32.7 Å². The van der Waals surface area contributed by atoms with Gasteiger partial charge in [0, 0.05) is 100 Å². The molecule has 23 aromatic rings. The summed E-state index contributed by atoms with van der Waals surface area (Å²) in [5.74, 6) is 3.76. The van der Waals surface area contributed by atoms with Crippen molar-refractivity contribution in [3.63, 3.8) is 0 Å². The minimum atomic E-state index is -0.0177. The van der Waals surface area contributed by atoms with Crippen molar-refractivity contribution in [3.8, 4) is 34.9 Å². The molecule has 16 heteroatoms. The van der Waals surface area contributed by atoms with Gasteiger partial charge in [-0.15, -0.1) is 0 Å². The minimum absolute atomic E-state index is 0.0177. The second kappa shape index (κ2) is 25.9. The zero-order chi connectivity index (χ0) is 75.6. The second-order valence-corrected chi connectivity index (χ2v) is 30.4. The standard InChI is InChI=1S/C66H40N6.C28H17ClN4.C4HCl3N2/c1-2-18-39(19-3-1)69-54-32-16-10-26-46(54)61-56(69)36-34-48-60-44-24-4-5-25-45(44)63(64(48)61)65-49(60)35-37-57-62(65)47-27-11-17-33-55(47)72(57)66-67-58(70-50-28-12-6-20-40(50)41-21-7-13-29-51(41)70)38-59(68-66)71-52-30-14-8-22-42(52)43-23-9-15-31-53(43)71;29-28-30-26(32-22-13-5-1-9-18(22)19-10-2-6-14-23(19)32)17-27(31-28)33-24-15-7-3-11-20(24)21-12-4-8-16-25(21)33;5-2-1-3(6)9-4(7)8-2/h1-38,60,63H;1-17H;1H. The van der Waals surface area contributed by atoms with Gasteiger partial charge in [0.2, 0.25) is 16.5 Å². The van der Waals surface area contributed by atoms with Crippen LogP contribution < -0.4 is 0 Å². The summed E-state index contributed by atoms with van der Waals surface area (Å²) in [6.45, 7) is 0. The van der Waals surface area contributed by atoms with Gasteiger partial charge in [-0.2, -0.15) is 19.9 Å². The van der Waals surface area contributed by atoms with Crippen LogP contribution in [0.3, 0.4) is 0 Å². The summed E-state index contributed by atoms with van der Waals surface area (Å²) in [6, 6.07) is 121. The van der Waals surface area contributed by atoms with Crippen LogP contribution in [-0.2, 0) is 0 Å². The predicted octanol–water partition coefficient (Wildman–Crippen LogP) is 25.6. The van der Waals surface area contributed by atoms with E-state index in [2.05, 4.69) is 351 Å². The molecule has 2 unspecified atom stereocenters. The number of aromatic nitrogens is 12. The molecule has 0 radical (unpaired) electrons. The van der Waals surface area contributed by atoms with Crippen LogP contribution in [0.1, 0.15) is 45.2 Å². The Bertz CT molecular complexity index is 7460. The molecule has 0 fully saturated rings. The third-order valence-corrected chi connectivity index (χ3v) is 23.8. The third-order valence-electron chi connectivity index (χ3n) is 23.1. The number of fused-ring (bicyclic) bond motifs is 18. The first kappa shape index (κ1) is 66.1. The fourth-order valence-electron chi connectivity index (χ4n) is 18.8. The van der Waals surface area contributed by atoms with Gasteiger partial charge in [-0.25, -0.2) is 9.97 Å². The van der Waals surface area contributed by atoms with Gasteiger partial charge in [0.05, 0.1) is 66.2 Å². The van der Waals surface area contributed by atoms with Crippen molar-refractivity contribution < 1.29 is 0 Å². The molecule has 9 heterocycles. The Morgan fingerprint density at radius 3 is 0.825 bits per heavy atom. The van der Waals surface area contributed by atoms with Crippen LogP contribution in [0.2, 0.25) is 20.9 Å². The first-order chi connectivity index (χ1) is 56.3. The Hall–Kier alpha value is -13.7. The molecule has 3 aliphatic carbocycles. The number of halogens is 4. The number of hydrogen-bond acceptors (Lipinski definition) is 6. The number of rotatable bonds is 6. The summed E-state index contributed by atoms with van der Waals surface area (Å²) in [6.07, 6.45) is 0. The Morgan fingerprint density at radius 2 is 0.474 bits per heavy atom. The predicted molar refractivity (Wildman–Crippen MR) is 467 cm³/mol. The molecule has 12 nitrogen and oxygen atoms in total. The van der Waals surface area contributed by atoms with Crippen LogP contribution in [0.25, 0.3) is 166 Å². The molecule has 114 heavy (non-hydrogen) atoms. The quantitative estimate of drug-likeness (QED) is 0.121. The number of nitrogens with zero attached hydrogens (tertiary/aromatic N) is 12. The fourth-order valence-corrected chi connectivity index (χ4v) is 19.7. The highest BCUT2D eigenvalue weighted by Crippen LogP contribution is 2.61. The van der Waals surface area contributed by atoms with E-state index in [0.29, 0.717) is 5.95 Å². The maximum atomic E-state index is 6.54. The van der Waals surface area contributed by atoms with Gasteiger partial charge in [-0.1, -0.05) is 260 Å². The lowest BCUT2D eigenvalue weighted by molar-refractivity contribution is 0.768. The van der Waals surface area contributed by atoms with Crippen molar-refractivity contribution in [1.82, 2.24) is 57.3 Å². The maximum Gasteiger partial charge on any atom is 0.238 e. The SMILES string of the molecule is Clc1cc(Cl)nc(Cl)n1.Clc1nc(-n2c3ccccc3c3ccccc32)cc(-n2c3ccccc3c3ccccc32)n1.c1ccc(-n2c3ccccc3c3c4c(ccc32)C2c3ccccc3C4c3c2ccc2c3c3ccccc3n2-c2nc(-n3c4ccccc4c4ccccc43)cc(-n3c4ccccc4c4ccccc43)n2)cc1. The molecule has 14 aromatic carbocycles. The molecule has 538 valence electrons. The lowest BCUT2D eigenvalue weighted by Crippen LogP contribution is -2.28. The Kier molecular flexibility index (Phi) is 15.0. The minimum Gasteiger partial charge on any atom is -0.309 e. The lowest BCUT2D eigenvalue weighted by Gasteiger charge is -2.43. The molecule has 0 amide bonds. The monoisotopic (exact) mass is 1540 g/mol. The highest BCUT2D eigenvalue weighted by atomic mass is 35.5. The van der Waals surface area contributed by atoms with Crippen molar-refractivity contribution in [1.29, 1.82) is 0 Å². The first-order valence-electron chi connectivity index (χ1n) is 37.8. The van der Waals surface area contributed by atoms with Gasteiger partial charge in [-0.3, -0.25) is 22.8 Å². The van der Waals surface area contributed by atoms with Crippen LogP contribution >= 0.6 is 46.4 Å². The maximum absolute atomic E-state index is 6.54. The molecule has 0 aliphatic heterocycles. The molecule has 0 saturated carbocycles. The van der Waals surface area contributed by atoms with Gasteiger partial charge in [0.15, 0.2) is 0 Å². The van der Waals surface area contributed by atoms with E-state index in [9.17, 15) is 0 Å². The van der Waals surface area contributed by atoms with Gasteiger partial charge >= 0.3 is 0 Å². The van der Waals surface area contributed by atoms with Crippen molar-refractivity contribution in [3.05, 3.63) is 394 Å². The summed E-state index contributed by atoms with van der Waals surface area (Å²) in [5.41, 5.74) is 22.9. The zero-order valence-corrected chi connectivity index (χ0v) is 63.4. The average Bonchev–Trinajstić information content (AvgIpc) is 1.35. The van der Waals surface area contributed by atoms with E-state index in [0.717, 1.165) is 78.4 Å². The van der Waals surface area contributed by atoms with Crippen molar-refractivity contribution >= 4 is 177 Å². The summed E-state index contributed by atoms with van der Waals surface area (Å²) in [7, 11) is 0. The topological polar surface area (TPSA) is 107 Å². The van der Waals surface area contributed by atoms with Crippen LogP contribution in [-0.4, -0.2) is 57.3 Å². The van der Waals surface area contributed by atoms with Crippen LogP contribution in [0, 0.1) is 0 Å². The molecule has 2 bridgehead atoms. The van der Waals surface area contributed by atoms with E-state index in [1.54, 1.807) is 0 Å². The van der Waals surface area contributed by atoms with E-state index in [4.69, 9.17) is 56.4 Å². The summed E-state index contributed by atoms with van der Waals surface area (Å²) >= 11 is 22.8. The summed E-state index contributed by atoms with van der Waals surface area (Å²) < 4.78 is 13.8. The van der Waals surface area contributed by atoms with Gasteiger partial charge in [0.25, 0.3) is 0 Å². The van der Waals surface area contributed by atoms with Gasteiger partial charge < -0.3 is 4.57 Å². The highest BCUT2D eigenvalue weighted by molar-refractivity contribution is 6.35. The van der Waals surface area contributed by atoms with E-state index in [1.165, 1.54) is 121 Å². The first-order valence-corrected chi connectivity index (χ1v) is 39.3. The molecular formula is C98H58Cl4N12. The molecule has 9 aromatic heterocycles. The average molecular weight is 1550 g/mol. The Balaban J connectivity index is 0.000000151. The molecular weight excluding hydrogens is 1490 g/mol. The summed E-state index contributed by atoms with van der Waals surface area (Å²) in [5, 5.41) is 15.3. The van der Waals surface area contributed by atoms with Crippen LogP contribution in [0.15, 0.2) is 340 Å². The third kappa shape index (κ3) is 9.98. The fraction of sp³-hybridized carbons (Fsp3) is 0.0204. The molecule has 0 saturated heterocycles. The number of hydrogen-bond donors (Lipinski definition) is 0. The van der Waals surface area contributed by atoms with E-state index in [1.807, 2.05) is 30.3 Å². The molecule has 0 spiro atoms. The van der Waals surface area contributed by atoms with Crippen LogP contribution in [0.4, 0.5) is 0 Å². The van der Waals surface area contributed by atoms with Crippen molar-refractivity contribution in [2.75, 3.05) is 0 Å². The van der Waals surface area contributed by atoms with E-state index >= 15 is 0 Å². The largest absolute Gasteiger partial charge is 0.309 e. The molecule has 2 atom stereocenters. The number of benzene rings is 14. The van der Waals surface area contributed by atoms with Gasteiger partial charge in [0.1, 0.15) is 33.6 Å². The second-order valence-electron chi connectivity index (χ2n) is 29.0. The van der Waals surface area contributed by atoms with Crippen molar-refractivity contribution in [2.24, 2.45) is 0 Å². The van der Waals surface area contributed by atoms with Crippen LogP contribution in [0.5, 0.6) is 0 Å². The smallest absolute Gasteiger partial charge is 0.238 e. The molecule has 26 rings (SSSR count). The normalized spacial score (nSPS) is 13.6. The highest BCUT2D eigenvalue weighted by Gasteiger charge is 2.45. The lowest BCUT2D eigenvalue weighted by atomic mass is 9.59. The van der Waals surface area contributed by atoms with Gasteiger partial charge in [-0.05, 0) is 142 Å². The Morgan fingerprint density at radius 1 is 0.202 bits per heavy atom. The van der Waals surface area contributed by atoms with E-state index < -0.39 is 0 Å².